The van der Waals surface area contributed by atoms with E-state index >= 15 is 0 Å². The molecular weight excluding hydrogens is 292 g/mol. The molecule has 1 aromatic rings. The van der Waals surface area contributed by atoms with Crippen LogP contribution >= 0.6 is 0 Å². The highest BCUT2D eigenvalue weighted by Crippen LogP contribution is 2.20. The summed E-state index contributed by atoms with van der Waals surface area (Å²) in [6.45, 7) is 3.46. The third-order valence-corrected chi connectivity index (χ3v) is 4.75. The molecule has 3 heterocycles. The summed E-state index contributed by atoms with van der Waals surface area (Å²) in [7, 11) is 0. The summed E-state index contributed by atoms with van der Waals surface area (Å²) in [6.07, 6.45) is 7.06. The van der Waals surface area contributed by atoms with Crippen molar-refractivity contribution in [2.45, 2.75) is 50.5 Å². The van der Waals surface area contributed by atoms with Crippen LogP contribution in [0.15, 0.2) is 24.5 Å². The molecule has 3 rings (SSSR count). The summed E-state index contributed by atoms with van der Waals surface area (Å²) in [5.41, 5.74) is 6.88. The van der Waals surface area contributed by atoms with Crippen LogP contribution in [0.3, 0.4) is 0 Å². The number of piperidine rings is 1. The van der Waals surface area contributed by atoms with Gasteiger partial charge in [-0.05, 0) is 43.4 Å². The molecule has 0 spiro atoms. The van der Waals surface area contributed by atoms with E-state index in [0.29, 0.717) is 6.54 Å². The van der Waals surface area contributed by atoms with Crippen LogP contribution in [0, 0.1) is 0 Å². The molecule has 0 saturated carbocycles. The van der Waals surface area contributed by atoms with Crippen LogP contribution in [-0.4, -0.2) is 53.7 Å². The maximum Gasteiger partial charge on any atom is 0.249 e. The van der Waals surface area contributed by atoms with E-state index in [1.807, 2.05) is 12.4 Å². The highest BCUT2D eigenvalue weighted by molar-refractivity contribution is 5.81. The molecule has 0 radical (unpaired) electrons. The number of hydrogen-bond acceptors (Lipinski definition) is 5. The van der Waals surface area contributed by atoms with Crippen LogP contribution < -0.4 is 11.1 Å². The van der Waals surface area contributed by atoms with Crippen molar-refractivity contribution >= 4 is 5.91 Å². The fourth-order valence-electron chi connectivity index (χ4n) is 3.35. The average Bonchev–Trinajstić information content (AvgIpc) is 3.07. The number of hydrogen-bond donors (Lipinski definition) is 2. The van der Waals surface area contributed by atoms with Crippen LogP contribution in [-0.2, 0) is 16.1 Å². The van der Waals surface area contributed by atoms with Gasteiger partial charge >= 0.3 is 0 Å². The second-order valence-electron chi connectivity index (χ2n) is 6.47. The zero-order valence-corrected chi connectivity index (χ0v) is 13.5. The van der Waals surface area contributed by atoms with Gasteiger partial charge in [-0.1, -0.05) is 0 Å². The van der Waals surface area contributed by atoms with Gasteiger partial charge in [-0.25, -0.2) is 0 Å². The summed E-state index contributed by atoms with van der Waals surface area (Å²) < 4.78 is 5.66. The molecule has 1 aromatic heterocycles. The van der Waals surface area contributed by atoms with Crippen molar-refractivity contribution in [1.29, 1.82) is 0 Å². The molecule has 2 fully saturated rings. The first-order chi connectivity index (χ1) is 11.2. The fourth-order valence-corrected chi connectivity index (χ4v) is 3.35. The number of carbonyl (C=O) groups is 1. The van der Waals surface area contributed by atoms with Gasteiger partial charge in [0.1, 0.15) is 6.10 Å². The summed E-state index contributed by atoms with van der Waals surface area (Å²) >= 11 is 0. The molecule has 0 aromatic carbocycles. The molecule has 2 aliphatic heterocycles. The smallest absolute Gasteiger partial charge is 0.249 e. The Hall–Kier alpha value is -1.50. The fraction of sp³-hybridized carbons (Fsp3) is 0.647. The second kappa shape index (κ2) is 7.86. The van der Waals surface area contributed by atoms with E-state index in [9.17, 15) is 4.79 Å². The first-order valence-corrected chi connectivity index (χ1v) is 8.52. The Balaban J connectivity index is 1.40. The minimum absolute atomic E-state index is 0.0357. The molecule has 2 atom stereocenters. The molecule has 23 heavy (non-hydrogen) atoms. The molecule has 6 nitrogen and oxygen atoms in total. The van der Waals surface area contributed by atoms with E-state index in [0.717, 1.165) is 45.3 Å². The minimum Gasteiger partial charge on any atom is -0.364 e. The standard InChI is InChI=1S/C17H26N4O2/c18-11-15-1-2-16(23-15)17(22)20-14-5-9-21(10-6-14)12-13-3-7-19-8-4-13/h3-4,7-8,14-16H,1-2,5-6,9-12,18H2,(H,20,22)/t15-,16+/m1/s1. The van der Waals surface area contributed by atoms with Gasteiger partial charge in [-0.3, -0.25) is 14.7 Å². The maximum atomic E-state index is 12.3. The molecule has 6 heteroatoms. The van der Waals surface area contributed by atoms with Crippen LogP contribution in [0.1, 0.15) is 31.2 Å². The van der Waals surface area contributed by atoms with Gasteiger partial charge in [0.25, 0.3) is 0 Å². The second-order valence-corrected chi connectivity index (χ2v) is 6.47. The van der Waals surface area contributed by atoms with Crippen molar-refractivity contribution in [3.05, 3.63) is 30.1 Å². The van der Waals surface area contributed by atoms with E-state index < -0.39 is 0 Å². The maximum absolute atomic E-state index is 12.3. The van der Waals surface area contributed by atoms with E-state index in [1.165, 1.54) is 5.56 Å². The summed E-state index contributed by atoms with van der Waals surface area (Å²) in [5.74, 6) is 0.0357. The lowest BCUT2D eigenvalue weighted by molar-refractivity contribution is -0.132. The monoisotopic (exact) mass is 318 g/mol. The Morgan fingerprint density at radius 3 is 2.65 bits per heavy atom. The number of carbonyl (C=O) groups excluding carboxylic acids is 1. The molecule has 0 aliphatic carbocycles. The van der Waals surface area contributed by atoms with Crippen molar-refractivity contribution in [2.75, 3.05) is 19.6 Å². The highest BCUT2D eigenvalue weighted by atomic mass is 16.5. The molecular formula is C17H26N4O2. The lowest BCUT2D eigenvalue weighted by Crippen LogP contribution is -2.47. The normalized spacial score (nSPS) is 26.3. The SMILES string of the molecule is NC[C@H]1CC[C@@H](C(=O)NC2CCN(Cc3ccncc3)CC2)O1. The number of rotatable bonds is 5. The summed E-state index contributed by atoms with van der Waals surface area (Å²) in [6, 6.07) is 4.37. The number of ether oxygens (including phenoxy) is 1. The van der Waals surface area contributed by atoms with Gasteiger partial charge in [0.2, 0.25) is 5.91 Å². The average molecular weight is 318 g/mol. The number of nitrogens with zero attached hydrogens (tertiary/aromatic N) is 2. The van der Waals surface area contributed by atoms with Gasteiger partial charge < -0.3 is 15.8 Å². The highest BCUT2D eigenvalue weighted by Gasteiger charge is 2.31. The minimum atomic E-state index is -0.307. The Labute approximate surface area is 137 Å². The molecule has 0 bridgehead atoms. The van der Waals surface area contributed by atoms with Crippen molar-refractivity contribution in [1.82, 2.24) is 15.2 Å². The van der Waals surface area contributed by atoms with E-state index in [2.05, 4.69) is 27.3 Å². The zero-order valence-electron chi connectivity index (χ0n) is 13.5. The number of nitrogens with one attached hydrogen (secondary N) is 1. The lowest BCUT2D eigenvalue weighted by atomic mass is 10.0. The topological polar surface area (TPSA) is 80.5 Å². The van der Waals surface area contributed by atoms with E-state index in [-0.39, 0.29) is 24.2 Å². The largest absolute Gasteiger partial charge is 0.364 e. The molecule has 1 amide bonds. The molecule has 2 aliphatic rings. The van der Waals surface area contributed by atoms with Crippen molar-refractivity contribution in [3.63, 3.8) is 0 Å². The van der Waals surface area contributed by atoms with Gasteiger partial charge in [-0.2, -0.15) is 0 Å². The van der Waals surface area contributed by atoms with Crippen molar-refractivity contribution in [2.24, 2.45) is 5.73 Å². The quantitative estimate of drug-likeness (QED) is 0.834. The number of nitrogens with two attached hydrogens (primary N) is 1. The third-order valence-electron chi connectivity index (χ3n) is 4.75. The molecule has 3 N–H and O–H groups in total. The van der Waals surface area contributed by atoms with Crippen LogP contribution in [0.25, 0.3) is 0 Å². The number of aromatic nitrogens is 1. The first kappa shape index (κ1) is 16.4. The van der Waals surface area contributed by atoms with Gasteiger partial charge in [0, 0.05) is 44.6 Å². The van der Waals surface area contributed by atoms with Crippen molar-refractivity contribution < 1.29 is 9.53 Å². The summed E-state index contributed by atoms with van der Waals surface area (Å²) in [5, 5.41) is 3.15. The number of amides is 1. The zero-order chi connectivity index (χ0) is 16.1. The van der Waals surface area contributed by atoms with Gasteiger partial charge in [-0.15, -0.1) is 0 Å². The van der Waals surface area contributed by atoms with Crippen molar-refractivity contribution in [3.8, 4) is 0 Å². The first-order valence-electron chi connectivity index (χ1n) is 8.52. The van der Waals surface area contributed by atoms with Crippen LogP contribution in [0.5, 0.6) is 0 Å². The molecule has 0 unspecified atom stereocenters. The third kappa shape index (κ3) is 4.50. The Morgan fingerprint density at radius 1 is 1.26 bits per heavy atom. The molecule has 2 saturated heterocycles. The Bertz CT molecular complexity index is 503. The van der Waals surface area contributed by atoms with E-state index in [1.54, 1.807) is 0 Å². The molecule has 126 valence electrons. The predicted octanol–water partition coefficient (Wildman–Crippen LogP) is 0.669. The van der Waals surface area contributed by atoms with Crippen LogP contribution in [0.4, 0.5) is 0 Å². The Kier molecular flexibility index (Phi) is 5.59. The Morgan fingerprint density at radius 2 is 2.00 bits per heavy atom. The van der Waals surface area contributed by atoms with E-state index in [4.69, 9.17) is 10.5 Å². The number of pyridine rings is 1. The predicted molar refractivity (Wildman–Crippen MR) is 87.6 cm³/mol. The summed E-state index contributed by atoms with van der Waals surface area (Å²) in [4.78, 5) is 18.7. The van der Waals surface area contributed by atoms with Crippen LogP contribution in [0.2, 0.25) is 0 Å². The number of likely N-dealkylation sites (tertiary alicyclic amines) is 1. The van der Waals surface area contributed by atoms with Gasteiger partial charge in [0.15, 0.2) is 0 Å². The van der Waals surface area contributed by atoms with Gasteiger partial charge in [0.05, 0.1) is 6.10 Å². The lowest BCUT2D eigenvalue weighted by Gasteiger charge is -2.32.